The second-order valence-corrected chi connectivity index (χ2v) is 6.42. The molecule has 4 nitrogen and oxygen atoms in total. The van der Waals surface area contributed by atoms with Crippen LogP contribution in [0.5, 0.6) is 5.88 Å². The van der Waals surface area contributed by atoms with Crippen LogP contribution < -0.4 is 0 Å². The molecular weight excluding hydrogens is 333 g/mol. The van der Waals surface area contributed by atoms with Crippen LogP contribution in [0.4, 0.5) is 11.4 Å². The second-order valence-electron chi connectivity index (χ2n) is 5.58. The molecule has 2 aromatic carbocycles. The Labute approximate surface area is 143 Å². The molecule has 0 aliphatic carbocycles. The number of fused-ring (bicyclic) bond motifs is 1. The van der Waals surface area contributed by atoms with Crippen molar-refractivity contribution in [2.75, 3.05) is 0 Å². The standard InChI is InChI=1S/C17H15Cl2N3O/c1-9(2)10-3-5-14-12(7-10)16(17(23)20-14)22-21-15-6-4-11(18)8-13(15)19/h3-9,20,23H,1-2H3. The predicted octanol–water partition coefficient (Wildman–Crippen LogP) is 6.72. The van der Waals surface area contributed by atoms with E-state index in [0.29, 0.717) is 27.3 Å². The fourth-order valence-electron chi connectivity index (χ4n) is 2.31. The molecule has 1 heterocycles. The lowest BCUT2D eigenvalue weighted by Gasteiger charge is -2.04. The van der Waals surface area contributed by atoms with Crippen LogP contribution in [0.1, 0.15) is 25.3 Å². The lowest BCUT2D eigenvalue weighted by molar-refractivity contribution is 0.459. The lowest BCUT2D eigenvalue weighted by atomic mass is 10.0. The molecule has 3 rings (SSSR count). The van der Waals surface area contributed by atoms with E-state index < -0.39 is 0 Å². The minimum absolute atomic E-state index is 0.0188. The van der Waals surface area contributed by atoms with E-state index in [4.69, 9.17) is 23.2 Å². The Morgan fingerprint density at radius 3 is 2.52 bits per heavy atom. The molecule has 1 aromatic heterocycles. The third-order valence-corrected chi connectivity index (χ3v) is 4.15. The fourth-order valence-corrected chi connectivity index (χ4v) is 2.75. The zero-order valence-corrected chi connectivity index (χ0v) is 14.2. The van der Waals surface area contributed by atoms with Crippen molar-refractivity contribution in [3.63, 3.8) is 0 Å². The average molecular weight is 348 g/mol. The molecule has 0 aliphatic rings. The van der Waals surface area contributed by atoms with E-state index in [-0.39, 0.29) is 5.88 Å². The molecule has 0 aliphatic heterocycles. The van der Waals surface area contributed by atoms with Gasteiger partial charge in [0.25, 0.3) is 0 Å². The van der Waals surface area contributed by atoms with Crippen molar-refractivity contribution in [1.82, 2.24) is 4.98 Å². The Bertz CT molecular complexity index is 900. The van der Waals surface area contributed by atoms with Gasteiger partial charge in [0.15, 0.2) is 5.69 Å². The predicted molar refractivity (Wildman–Crippen MR) is 94.7 cm³/mol. The van der Waals surface area contributed by atoms with Gasteiger partial charge < -0.3 is 10.1 Å². The SMILES string of the molecule is CC(C)c1ccc2[nH]c(O)c(N=Nc3ccc(Cl)cc3Cl)c2c1. The zero-order valence-electron chi connectivity index (χ0n) is 12.6. The number of aromatic hydroxyl groups is 1. The molecule has 0 saturated heterocycles. The van der Waals surface area contributed by atoms with Gasteiger partial charge in [0, 0.05) is 10.4 Å². The van der Waals surface area contributed by atoms with Gasteiger partial charge in [-0.2, -0.15) is 0 Å². The number of hydrogen-bond acceptors (Lipinski definition) is 3. The van der Waals surface area contributed by atoms with Crippen LogP contribution in [-0.4, -0.2) is 10.1 Å². The summed E-state index contributed by atoms with van der Waals surface area (Å²) in [4.78, 5) is 2.90. The Morgan fingerprint density at radius 2 is 1.83 bits per heavy atom. The third-order valence-electron chi connectivity index (χ3n) is 3.61. The highest BCUT2D eigenvalue weighted by atomic mass is 35.5. The van der Waals surface area contributed by atoms with E-state index in [9.17, 15) is 5.11 Å². The molecule has 0 spiro atoms. The molecule has 23 heavy (non-hydrogen) atoms. The maximum atomic E-state index is 10.1. The zero-order chi connectivity index (χ0) is 16.6. The Hall–Kier alpha value is -2.04. The number of rotatable bonds is 3. The van der Waals surface area contributed by atoms with Crippen LogP contribution in [0.15, 0.2) is 46.6 Å². The average Bonchev–Trinajstić information content (AvgIpc) is 2.81. The van der Waals surface area contributed by atoms with Gasteiger partial charge in [-0.1, -0.05) is 43.1 Å². The van der Waals surface area contributed by atoms with Gasteiger partial charge in [-0.15, -0.1) is 10.2 Å². The van der Waals surface area contributed by atoms with Crippen molar-refractivity contribution in [3.8, 4) is 5.88 Å². The maximum absolute atomic E-state index is 10.1. The first-order valence-corrected chi connectivity index (χ1v) is 7.92. The number of nitrogens with zero attached hydrogens (tertiary/aromatic N) is 2. The summed E-state index contributed by atoms with van der Waals surface area (Å²) in [5, 5.41) is 20.2. The molecule has 0 fully saturated rings. The van der Waals surface area contributed by atoms with Crippen molar-refractivity contribution in [2.24, 2.45) is 10.2 Å². The highest BCUT2D eigenvalue weighted by Crippen LogP contribution is 2.38. The smallest absolute Gasteiger partial charge is 0.218 e. The van der Waals surface area contributed by atoms with Crippen LogP contribution in [0, 0.1) is 0 Å². The molecule has 0 radical (unpaired) electrons. The summed E-state index contributed by atoms with van der Waals surface area (Å²) < 4.78 is 0. The van der Waals surface area contributed by atoms with E-state index in [1.54, 1.807) is 18.2 Å². The van der Waals surface area contributed by atoms with Gasteiger partial charge in [0.05, 0.1) is 10.5 Å². The number of aromatic nitrogens is 1. The minimum atomic E-state index is -0.0188. The van der Waals surface area contributed by atoms with Gasteiger partial charge in [-0.05, 0) is 41.8 Å². The first kappa shape index (κ1) is 15.8. The van der Waals surface area contributed by atoms with E-state index in [1.807, 2.05) is 18.2 Å². The first-order chi connectivity index (χ1) is 11.0. The number of halogens is 2. The minimum Gasteiger partial charge on any atom is -0.493 e. The Morgan fingerprint density at radius 1 is 1.04 bits per heavy atom. The second kappa shape index (κ2) is 6.22. The quantitative estimate of drug-likeness (QED) is 0.507. The van der Waals surface area contributed by atoms with Crippen molar-refractivity contribution < 1.29 is 5.11 Å². The van der Waals surface area contributed by atoms with Crippen LogP contribution in [0.3, 0.4) is 0 Å². The van der Waals surface area contributed by atoms with E-state index in [2.05, 4.69) is 29.1 Å². The summed E-state index contributed by atoms with van der Waals surface area (Å²) >= 11 is 12.0. The number of nitrogens with one attached hydrogen (secondary N) is 1. The fraction of sp³-hybridized carbons (Fsp3) is 0.176. The number of H-pyrrole nitrogens is 1. The molecule has 0 atom stereocenters. The van der Waals surface area contributed by atoms with Crippen LogP contribution in [-0.2, 0) is 0 Å². The molecule has 118 valence electrons. The van der Waals surface area contributed by atoms with Gasteiger partial charge in [0.1, 0.15) is 5.69 Å². The number of hydrogen-bond donors (Lipinski definition) is 2. The number of benzene rings is 2. The summed E-state index contributed by atoms with van der Waals surface area (Å²) in [6.45, 7) is 4.23. The van der Waals surface area contributed by atoms with Gasteiger partial charge in [0.2, 0.25) is 5.88 Å². The number of azo groups is 1. The highest BCUT2D eigenvalue weighted by molar-refractivity contribution is 6.36. The molecule has 0 bridgehead atoms. The van der Waals surface area contributed by atoms with Gasteiger partial charge in [-0.3, -0.25) is 0 Å². The topological polar surface area (TPSA) is 60.7 Å². The molecule has 0 saturated carbocycles. The summed E-state index contributed by atoms with van der Waals surface area (Å²) in [7, 11) is 0. The maximum Gasteiger partial charge on any atom is 0.218 e. The molecule has 3 aromatic rings. The Kier molecular flexibility index (Phi) is 4.28. The third kappa shape index (κ3) is 3.19. The van der Waals surface area contributed by atoms with Crippen molar-refractivity contribution in [1.29, 1.82) is 0 Å². The van der Waals surface area contributed by atoms with Crippen LogP contribution in [0.25, 0.3) is 10.9 Å². The molecule has 0 unspecified atom stereocenters. The normalized spacial score (nSPS) is 11.9. The van der Waals surface area contributed by atoms with Crippen molar-refractivity contribution in [2.45, 2.75) is 19.8 Å². The van der Waals surface area contributed by atoms with E-state index in [1.165, 1.54) is 0 Å². The van der Waals surface area contributed by atoms with Gasteiger partial charge >= 0.3 is 0 Å². The molecule has 0 amide bonds. The largest absolute Gasteiger partial charge is 0.493 e. The summed E-state index contributed by atoms with van der Waals surface area (Å²) in [6.07, 6.45) is 0. The Balaban J connectivity index is 2.06. The molecule has 2 N–H and O–H groups in total. The van der Waals surface area contributed by atoms with E-state index in [0.717, 1.165) is 16.5 Å². The highest BCUT2D eigenvalue weighted by Gasteiger charge is 2.12. The molecule has 6 heteroatoms. The van der Waals surface area contributed by atoms with E-state index >= 15 is 0 Å². The summed E-state index contributed by atoms with van der Waals surface area (Å²) in [6, 6.07) is 10.9. The monoisotopic (exact) mass is 347 g/mol. The van der Waals surface area contributed by atoms with Crippen LogP contribution >= 0.6 is 23.2 Å². The van der Waals surface area contributed by atoms with Gasteiger partial charge in [-0.25, -0.2) is 0 Å². The lowest BCUT2D eigenvalue weighted by Crippen LogP contribution is -1.85. The number of aromatic amines is 1. The molecular formula is C17H15Cl2N3O. The summed E-state index contributed by atoms with van der Waals surface area (Å²) in [5.74, 6) is 0.363. The van der Waals surface area contributed by atoms with Crippen LogP contribution in [0.2, 0.25) is 10.0 Å². The van der Waals surface area contributed by atoms with Crippen molar-refractivity contribution >= 4 is 45.5 Å². The summed E-state index contributed by atoms with van der Waals surface area (Å²) in [5.41, 5.74) is 2.86. The van der Waals surface area contributed by atoms with Crippen molar-refractivity contribution in [3.05, 3.63) is 52.0 Å². The first-order valence-electron chi connectivity index (χ1n) is 7.17.